The van der Waals surface area contributed by atoms with Crippen LogP contribution in [-0.4, -0.2) is 30.5 Å². The van der Waals surface area contributed by atoms with Crippen molar-refractivity contribution in [1.82, 2.24) is 4.98 Å². The van der Waals surface area contributed by atoms with E-state index in [-0.39, 0.29) is 0 Å². The summed E-state index contributed by atoms with van der Waals surface area (Å²) in [5.74, 6) is 0. The van der Waals surface area contributed by atoms with Gasteiger partial charge in [-0.05, 0) is 48.8 Å². The van der Waals surface area contributed by atoms with E-state index in [0.717, 1.165) is 39.4 Å². The summed E-state index contributed by atoms with van der Waals surface area (Å²) in [5, 5.41) is 0. The van der Waals surface area contributed by atoms with Crippen LogP contribution in [0.5, 0.6) is 0 Å². The van der Waals surface area contributed by atoms with Crippen molar-refractivity contribution in [2.45, 2.75) is 13.8 Å². The summed E-state index contributed by atoms with van der Waals surface area (Å²) in [7, 11) is 3.59. The van der Waals surface area contributed by atoms with Crippen molar-refractivity contribution in [2.75, 3.05) is 14.1 Å². The minimum Gasteiger partial charge on any atom is -0.293 e. The number of allylic oxidation sites excluding steroid dienone is 9. The number of nitrogens with zero attached hydrogens (tertiary/aromatic N) is 3. The van der Waals surface area contributed by atoms with E-state index >= 15 is 0 Å². The molecule has 0 saturated heterocycles. The highest BCUT2D eigenvalue weighted by Gasteiger charge is 2.22. The standard InChI is InChI=1S/C21H23N3/c1-6-9-17(12-11-15(3)22-4)19-14-16(7-2)20(23-5)21-18(19)10-8-13-24-21/h6-14H,1H2,2-5H3/b12-11+,16-7-,17-9+,22-15?,23-20?. The van der Waals surface area contributed by atoms with Gasteiger partial charge >= 0.3 is 0 Å². The summed E-state index contributed by atoms with van der Waals surface area (Å²) in [5.41, 5.74) is 7.13. The molecule has 0 fully saturated rings. The summed E-state index contributed by atoms with van der Waals surface area (Å²) >= 11 is 0. The molecule has 2 rings (SSSR count). The highest BCUT2D eigenvalue weighted by atomic mass is 14.8. The Kier molecular flexibility index (Phi) is 5.96. The summed E-state index contributed by atoms with van der Waals surface area (Å²) in [4.78, 5) is 13.2. The summed E-state index contributed by atoms with van der Waals surface area (Å²) < 4.78 is 0. The van der Waals surface area contributed by atoms with E-state index in [4.69, 9.17) is 0 Å². The van der Waals surface area contributed by atoms with Crippen molar-refractivity contribution in [2.24, 2.45) is 9.98 Å². The van der Waals surface area contributed by atoms with Gasteiger partial charge in [-0.25, -0.2) is 0 Å². The quantitative estimate of drug-likeness (QED) is 0.590. The van der Waals surface area contributed by atoms with Gasteiger partial charge in [0.05, 0.1) is 11.4 Å². The van der Waals surface area contributed by atoms with E-state index in [1.54, 1.807) is 26.4 Å². The third kappa shape index (κ3) is 3.57. The predicted octanol–water partition coefficient (Wildman–Crippen LogP) is 4.60. The molecule has 0 aliphatic heterocycles. The molecule has 0 saturated carbocycles. The van der Waals surface area contributed by atoms with E-state index in [1.165, 1.54) is 0 Å². The highest BCUT2D eigenvalue weighted by molar-refractivity contribution is 6.20. The van der Waals surface area contributed by atoms with Gasteiger partial charge in [0.15, 0.2) is 0 Å². The molecule has 122 valence electrons. The van der Waals surface area contributed by atoms with E-state index < -0.39 is 0 Å². The van der Waals surface area contributed by atoms with Crippen molar-refractivity contribution in [3.63, 3.8) is 0 Å². The fraction of sp³-hybridized carbons (Fsp3) is 0.190. The number of hydrogen-bond acceptors (Lipinski definition) is 3. The molecular weight excluding hydrogens is 294 g/mol. The average Bonchev–Trinajstić information content (AvgIpc) is 2.63. The molecule has 1 aromatic heterocycles. The smallest absolute Gasteiger partial charge is 0.0966 e. The van der Waals surface area contributed by atoms with E-state index in [1.807, 2.05) is 32.1 Å². The molecule has 0 aromatic carbocycles. The van der Waals surface area contributed by atoms with Gasteiger partial charge < -0.3 is 0 Å². The minimum atomic E-state index is 0.912. The molecule has 0 bridgehead atoms. The third-order valence-electron chi connectivity index (χ3n) is 3.90. The van der Waals surface area contributed by atoms with Gasteiger partial charge in [0.2, 0.25) is 0 Å². The molecule has 24 heavy (non-hydrogen) atoms. The molecule has 1 heterocycles. The zero-order valence-corrected chi connectivity index (χ0v) is 14.7. The second kappa shape index (κ2) is 8.16. The summed E-state index contributed by atoms with van der Waals surface area (Å²) in [6.07, 6.45) is 13.9. The van der Waals surface area contributed by atoms with Crippen LogP contribution in [0.1, 0.15) is 25.1 Å². The van der Waals surface area contributed by atoms with Gasteiger partial charge in [-0.1, -0.05) is 36.9 Å². The molecule has 0 spiro atoms. The van der Waals surface area contributed by atoms with Crippen LogP contribution < -0.4 is 0 Å². The van der Waals surface area contributed by atoms with Crippen LogP contribution in [0.15, 0.2) is 82.5 Å². The van der Waals surface area contributed by atoms with E-state index in [0.29, 0.717) is 0 Å². The maximum absolute atomic E-state index is 4.56. The second-order valence-electron chi connectivity index (χ2n) is 5.33. The second-order valence-corrected chi connectivity index (χ2v) is 5.33. The monoisotopic (exact) mass is 317 g/mol. The zero-order valence-electron chi connectivity index (χ0n) is 14.7. The SMILES string of the molecule is C=C/C=C(\C=C\C(C)=NC)C1=C/C(=C/C)C(=NC)c2ncccc21. The predicted molar refractivity (Wildman–Crippen MR) is 105 cm³/mol. The fourth-order valence-corrected chi connectivity index (χ4v) is 2.59. The van der Waals surface area contributed by atoms with Crippen LogP contribution in [0.2, 0.25) is 0 Å². The Balaban J connectivity index is 2.66. The Labute approximate surface area is 144 Å². The largest absolute Gasteiger partial charge is 0.293 e. The molecule has 1 aliphatic carbocycles. The average molecular weight is 317 g/mol. The van der Waals surface area contributed by atoms with E-state index in [9.17, 15) is 0 Å². The Morgan fingerprint density at radius 1 is 1.25 bits per heavy atom. The van der Waals surface area contributed by atoms with Gasteiger partial charge in [0.1, 0.15) is 0 Å². The van der Waals surface area contributed by atoms with Gasteiger partial charge in [0, 0.05) is 31.6 Å². The molecule has 0 N–H and O–H groups in total. The van der Waals surface area contributed by atoms with Crippen LogP contribution in [0, 0.1) is 0 Å². The van der Waals surface area contributed by atoms with Crippen LogP contribution in [0.25, 0.3) is 5.57 Å². The van der Waals surface area contributed by atoms with Crippen LogP contribution in [-0.2, 0) is 0 Å². The van der Waals surface area contributed by atoms with Crippen molar-refractivity contribution in [3.05, 3.63) is 83.8 Å². The Morgan fingerprint density at radius 2 is 2.04 bits per heavy atom. The van der Waals surface area contributed by atoms with Gasteiger partial charge in [-0.2, -0.15) is 0 Å². The van der Waals surface area contributed by atoms with Gasteiger partial charge in [0.25, 0.3) is 0 Å². The summed E-state index contributed by atoms with van der Waals surface area (Å²) in [6.45, 7) is 7.84. The molecule has 0 atom stereocenters. The molecular formula is C21H23N3. The number of fused-ring (bicyclic) bond motifs is 1. The van der Waals surface area contributed by atoms with Crippen molar-refractivity contribution in [1.29, 1.82) is 0 Å². The lowest BCUT2D eigenvalue weighted by Gasteiger charge is -2.21. The highest BCUT2D eigenvalue weighted by Crippen LogP contribution is 2.33. The van der Waals surface area contributed by atoms with E-state index in [2.05, 4.69) is 45.8 Å². The topological polar surface area (TPSA) is 37.6 Å². The first-order chi connectivity index (χ1) is 11.7. The first-order valence-corrected chi connectivity index (χ1v) is 7.91. The lowest BCUT2D eigenvalue weighted by molar-refractivity contribution is 1.24. The molecule has 3 nitrogen and oxygen atoms in total. The molecule has 0 amide bonds. The molecule has 0 unspecified atom stereocenters. The normalized spacial score (nSPS) is 18.9. The number of aliphatic imine (C=N–C) groups is 2. The lowest BCUT2D eigenvalue weighted by Crippen LogP contribution is -2.15. The summed E-state index contributed by atoms with van der Waals surface area (Å²) in [6, 6.07) is 4.03. The number of pyridine rings is 1. The molecule has 1 aliphatic rings. The van der Waals surface area contributed by atoms with Crippen molar-refractivity contribution in [3.8, 4) is 0 Å². The molecule has 1 aromatic rings. The van der Waals surface area contributed by atoms with Gasteiger partial charge in [-0.15, -0.1) is 0 Å². The Hall–Kier alpha value is -2.81. The maximum Gasteiger partial charge on any atom is 0.0966 e. The number of aromatic nitrogens is 1. The van der Waals surface area contributed by atoms with Crippen molar-refractivity contribution < 1.29 is 0 Å². The Morgan fingerprint density at radius 3 is 2.67 bits per heavy atom. The first-order valence-electron chi connectivity index (χ1n) is 7.91. The Bertz CT molecular complexity index is 815. The zero-order chi connectivity index (χ0) is 17.5. The van der Waals surface area contributed by atoms with Gasteiger partial charge in [-0.3, -0.25) is 15.0 Å². The lowest BCUT2D eigenvalue weighted by atomic mass is 9.85. The number of rotatable bonds is 4. The molecule has 0 radical (unpaired) electrons. The fourth-order valence-electron chi connectivity index (χ4n) is 2.59. The minimum absolute atomic E-state index is 0.912. The third-order valence-corrected chi connectivity index (χ3v) is 3.90. The maximum atomic E-state index is 4.56. The van der Waals surface area contributed by atoms with Crippen molar-refractivity contribution >= 4 is 17.0 Å². The van der Waals surface area contributed by atoms with Crippen LogP contribution >= 0.6 is 0 Å². The molecule has 3 heteroatoms. The first kappa shape index (κ1) is 17.5. The number of hydrogen-bond donors (Lipinski definition) is 0. The van der Waals surface area contributed by atoms with Crippen LogP contribution in [0.4, 0.5) is 0 Å². The van der Waals surface area contributed by atoms with Crippen LogP contribution in [0.3, 0.4) is 0 Å².